The van der Waals surface area contributed by atoms with Crippen molar-refractivity contribution in [3.05, 3.63) is 47.0 Å². The van der Waals surface area contributed by atoms with E-state index in [2.05, 4.69) is 0 Å². The van der Waals surface area contributed by atoms with Crippen LogP contribution in [0.2, 0.25) is 0 Å². The van der Waals surface area contributed by atoms with Gasteiger partial charge in [-0.05, 0) is 40.8 Å². The highest BCUT2D eigenvalue weighted by Gasteiger charge is 2.21. The van der Waals surface area contributed by atoms with Gasteiger partial charge in [-0.3, -0.25) is 0 Å². The lowest BCUT2D eigenvalue weighted by atomic mass is 9.85. The molecule has 2 rings (SSSR count). The first-order valence-electron chi connectivity index (χ1n) is 7.33. The van der Waals surface area contributed by atoms with Crippen LogP contribution >= 0.6 is 0 Å². The number of rotatable bonds is 3. The van der Waals surface area contributed by atoms with Crippen LogP contribution < -0.4 is 4.74 Å². The van der Waals surface area contributed by atoms with Crippen molar-refractivity contribution in [2.45, 2.75) is 26.2 Å². The number of benzene rings is 2. The summed E-state index contributed by atoms with van der Waals surface area (Å²) in [6, 6.07) is 8.02. The summed E-state index contributed by atoms with van der Waals surface area (Å²) in [6.07, 6.45) is 3.61. The lowest BCUT2D eigenvalue weighted by Crippen LogP contribution is -2.12. The third-order valence-electron chi connectivity index (χ3n) is 3.52. The second-order valence-corrected chi connectivity index (χ2v) is 6.49. The molecule has 0 saturated carbocycles. The normalized spacial score (nSPS) is 11.8. The molecule has 0 spiro atoms. The zero-order valence-corrected chi connectivity index (χ0v) is 13.8. The highest BCUT2D eigenvalue weighted by atomic mass is 16.5. The van der Waals surface area contributed by atoms with Gasteiger partial charge < -0.3 is 20.1 Å². The van der Waals surface area contributed by atoms with E-state index in [-0.39, 0.29) is 22.7 Å². The van der Waals surface area contributed by atoms with Crippen LogP contribution in [0.1, 0.15) is 37.5 Å². The van der Waals surface area contributed by atoms with E-state index in [9.17, 15) is 15.3 Å². The number of hydrogen-bond donors (Lipinski definition) is 3. The highest BCUT2D eigenvalue weighted by molar-refractivity contribution is 5.73. The van der Waals surface area contributed by atoms with E-state index in [0.29, 0.717) is 11.3 Å². The molecular weight excluding hydrogens is 292 g/mol. The van der Waals surface area contributed by atoms with E-state index >= 15 is 0 Å². The summed E-state index contributed by atoms with van der Waals surface area (Å²) in [5.41, 5.74) is 2.08. The maximum Gasteiger partial charge on any atom is 0.161 e. The molecule has 0 amide bonds. The highest BCUT2D eigenvalue weighted by Crippen LogP contribution is 2.39. The van der Waals surface area contributed by atoms with Gasteiger partial charge in [-0.1, -0.05) is 32.9 Å². The van der Waals surface area contributed by atoms with Gasteiger partial charge in [-0.15, -0.1) is 0 Å². The van der Waals surface area contributed by atoms with Gasteiger partial charge in [0.1, 0.15) is 11.5 Å². The minimum atomic E-state index is -0.232. The Kier molecular flexibility index (Phi) is 4.55. The predicted octanol–water partition coefficient (Wildman–Crippen LogP) is 4.28. The Morgan fingerprint density at radius 2 is 1.35 bits per heavy atom. The summed E-state index contributed by atoms with van der Waals surface area (Å²) in [6.45, 7) is 6.05. The molecular formula is C19H22O4. The van der Waals surface area contributed by atoms with Crippen LogP contribution in [0.15, 0.2) is 30.3 Å². The molecule has 2 aromatic rings. The first-order valence-corrected chi connectivity index (χ1v) is 7.33. The van der Waals surface area contributed by atoms with Crippen molar-refractivity contribution in [1.29, 1.82) is 0 Å². The first-order chi connectivity index (χ1) is 10.7. The Bertz CT molecular complexity index is 720. The molecule has 2 aromatic carbocycles. The Balaban J connectivity index is 2.45. The molecule has 0 aliphatic heterocycles. The quantitative estimate of drug-likeness (QED) is 0.740. The molecule has 0 fully saturated rings. The maximum atomic E-state index is 10.3. The van der Waals surface area contributed by atoms with Crippen LogP contribution in [0, 0.1) is 0 Å². The topological polar surface area (TPSA) is 69.9 Å². The lowest BCUT2D eigenvalue weighted by molar-refractivity contribution is 0.364. The summed E-state index contributed by atoms with van der Waals surface area (Å²) in [7, 11) is 1.52. The lowest BCUT2D eigenvalue weighted by Gasteiger charge is -2.22. The van der Waals surface area contributed by atoms with Gasteiger partial charge in [0.15, 0.2) is 11.5 Å². The van der Waals surface area contributed by atoms with Crippen molar-refractivity contribution in [2.75, 3.05) is 7.11 Å². The minimum Gasteiger partial charge on any atom is -0.508 e. The largest absolute Gasteiger partial charge is 0.508 e. The average molecular weight is 314 g/mol. The summed E-state index contributed by atoms with van der Waals surface area (Å²) in [4.78, 5) is 0. The number of hydrogen-bond acceptors (Lipinski definition) is 4. The van der Waals surface area contributed by atoms with Gasteiger partial charge in [-0.2, -0.15) is 0 Å². The van der Waals surface area contributed by atoms with Gasteiger partial charge in [0.2, 0.25) is 0 Å². The Hall–Kier alpha value is -2.62. The minimum absolute atomic E-state index is 0.00307. The van der Waals surface area contributed by atoms with Crippen LogP contribution in [0.5, 0.6) is 23.0 Å². The van der Waals surface area contributed by atoms with Crippen LogP contribution in [-0.2, 0) is 5.41 Å². The van der Waals surface area contributed by atoms with E-state index in [1.165, 1.54) is 13.2 Å². The Morgan fingerprint density at radius 3 is 1.83 bits per heavy atom. The smallest absolute Gasteiger partial charge is 0.161 e. The summed E-state index contributed by atoms with van der Waals surface area (Å²) < 4.78 is 5.25. The number of aromatic hydroxyl groups is 3. The monoisotopic (exact) mass is 314 g/mol. The molecule has 0 bridgehead atoms. The molecule has 0 atom stereocenters. The fraction of sp³-hybridized carbons (Fsp3) is 0.263. The van der Waals surface area contributed by atoms with Crippen LogP contribution in [0.3, 0.4) is 0 Å². The van der Waals surface area contributed by atoms with Crippen molar-refractivity contribution in [1.82, 2.24) is 0 Å². The molecule has 0 unspecified atom stereocenters. The summed E-state index contributed by atoms with van der Waals surface area (Å²) in [5.74, 6) is 0.564. The van der Waals surface area contributed by atoms with Gasteiger partial charge in [0.25, 0.3) is 0 Å². The molecule has 0 radical (unpaired) electrons. The molecule has 3 N–H and O–H groups in total. The van der Waals surface area contributed by atoms with Gasteiger partial charge in [0.05, 0.1) is 7.11 Å². The standard InChI is InChI=1S/C19H22O4/c1-19(2,3)16-9-13(10-17(23-4)18(16)22)6-5-12-7-14(20)11-15(21)8-12/h5-11,20-22H,1-4H3/b6-5+. The summed E-state index contributed by atoms with van der Waals surface area (Å²) >= 11 is 0. The SMILES string of the molecule is COc1cc(/C=C/c2cc(O)cc(O)c2)cc(C(C)(C)C)c1O. The fourth-order valence-corrected chi connectivity index (χ4v) is 2.36. The molecule has 4 heteroatoms. The van der Waals surface area contributed by atoms with Gasteiger partial charge in [0, 0.05) is 11.6 Å². The maximum absolute atomic E-state index is 10.3. The van der Waals surface area contributed by atoms with E-state index in [1.807, 2.05) is 32.9 Å². The van der Waals surface area contributed by atoms with Crippen molar-refractivity contribution < 1.29 is 20.1 Å². The number of ether oxygens (including phenoxy) is 1. The second-order valence-electron chi connectivity index (χ2n) is 6.49. The fourth-order valence-electron chi connectivity index (χ4n) is 2.36. The van der Waals surface area contributed by atoms with Crippen LogP contribution in [0.25, 0.3) is 12.2 Å². The molecule has 4 nitrogen and oxygen atoms in total. The number of methoxy groups -OCH3 is 1. The average Bonchev–Trinajstić information content (AvgIpc) is 2.44. The number of phenolic OH excluding ortho intramolecular Hbond substituents is 3. The zero-order chi connectivity index (χ0) is 17.2. The molecule has 0 aromatic heterocycles. The van der Waals surface area contributed by atoms with Crippen molar-refractivity contribution in [3.8, 4) is 23.0 Å². The first kappa shape index (κ1) is 16.7. The van der Waals surface area contributed by atoms with Crippen molar-refractivity contribution in [2.24, 2.45) is 0 Å². The predicted molar refractivity (Wildman–Crippen MR) is 92.1 cm³/mol. The molecule has 23 heavy (non-hydrogen) atoms. The van der Waals surface area contributed by atoms with E-state index < -0.39 is 0 Å². The third-order valence-corrected chi connectivity index (χ3v) is 3.52. The van der Waals surface area contributed by atoms with Crippen LogP contribution in [-0.4, -0.2) is 22.4 Å². The third kappa shape index (κ3) is 3.97. The van der Waals surface area contributed by atoms with Gasteiger partial charge in [-0.25, -0.2) is 0 Å². The molecule has 0 aliphatic carbocycles. The zero-order valence-electron chi connectivity index (χ0n) is 13.8. The Morgan fingerprint density at radius 1 is 0.826 bits per heavy atom. The Labute approximate surface area is 136 Å². The van der Waals surface area contributed by atoms with Gasteiger partial charge >= 0.3 is 0 Å². The van der Waals surface area contributed by atoms with E-state index in [0.717, 1.165) is 11.1 Å². The van der Waals surface area contributed by atoms with E-state index in [1.54, 1.807) is 24.3 Å². The molecule has 122 valence electrons. The van der Waals surface area contributed by atoms with Crippen molar-refractivity contribution in [3.63, 3.8) is 0 Å². The molecule has 0 aliphatic rings. The number of phenols is 3. The van der Waals surface area contributed by atoms with Crippen molar-refractivity contribution >= 4 is 12.2 Å². The second kappa shape index (κ2) is 6.24. The molecule has 0 saturated heterocycles. The van der Waals surface area contributed by atoms with E-state index in [4.69, 9.17) is 4.74 Å². The summed E-state index contributed by atoms with van der Waals surface area (Å²) in [5, 5.41) is 29.3. The van der Waals surface area contributed by atoms with Crippen LogP contribution in [0.4, 0.5) is 0 Å². The molecule has 0 heterocycles.